The summed E-state index contributed by atoms with van der Waals surface area (Å²) < 4.78 is 0. The number of hydrogen-bond acceptors (Lipinski definition) is 4. The molecule has 3 rings (SSSR count). The standard InChI is InChI=1S/C35H52N4/c1-6-8-10-12-14-28(4)37-30-17-22-32(23-18-30)39(34-21-16-27(3)35(36)26-34)33-24-19-31(20-25-33)38-29(5)15-13-11-9-7-2/h16-26,28-29,37-38H,6-15,36H2,1-5H3. The first kappa shape index (κ1) is 30.4. The normalized spacial score (nSPS) is 12.6. The molecule has 0 fully saturated rings. The zero-order chi connectivity index (χ0) is 28.0. The number of aryl methyl sites for hydroxylation is 1. The van der Waals surface area contributed by atoms with Crippen molar-refractivity contribution < 1.29 is 0 Å². The summed E-state index contributed by atoms with van der Waals surface area (Å²) >= 11 is 0. The lowest BCUT2D eigenvalue weighted by molar-refractivity contribution is 0.594. The van der Waals surface area contributed by atoms with E-state index in [2.05, 4.69) is 117 Å². The summed E-state index contributed by atoms with van der Waals surface area (Å²) in [6, 6.07) is 24.8. The van der Waals surface area contributed by atoms with Crippen LogP contribution in [0.25, 0.3) is 0 Å². The summed E-state index contributed by atoms with van der Waals surface area (Å²) in [5.41, 5.74) is 13.9. The first-order valence-corrected chi connectivity index (χ1v) is 15.3. The van der Waals surface area contributed by atoms with Crippen LogP contribution in [-0.2, 0) is 0 Å². The van der Waals surface area contributed by atoms with Crippen molar-refractivity contribution in [1.29, 1.82) is 0 Å². The quantitative estimate of drug-likeness (QED) is 0.120. The minimum atomic E-state index is 0.467. The Morgan fingerprint density at radius 2 is 1.05 bits per heavy atom. The average molecular weight is 529 g/mol. The van der Waals surface area contributed by atoms with Gasteiger partial charge in [0, 0.05) is 46.2 Å². The Morgan fingerprint density at radius 1 is 0.615 bits per heavy atom. The number of rotatable bonds is 17. The third kappa shape index (κ3) is 9.84. The Kier molecular flexibility index (Phi) is 12.5. The number of nitrogens with two attached hydrogens (primary N) is 1. The van der Waals surface area contributed by atoms with E-state index in [4.69, 9.17) is 5.73 Å². The van der Waals surface area contributed by atoms with Gasteiger partial charge in [0.05, 0.1) is 0 Å². The van der Waals surface area contributed by atoms with E-state index in [-0.39, 0.29) is 0 Å². The highest BCUT2D eigenvalue weighted by Gasteiger charge is 2.14. The fourth-order valence-electron chi connectivity index (χ4n) is 5.10. The summed E-state index contributed by atoms with van der Waals surface area (Å²) in [6.45, 7) is 11.1. The van der Waals surface area contributed by atoms with Crippen LogP contribution < -0.4 is 21.3 Å². The van der Waals surface area contributed by atoms with E-state index in [0.29, 0.717) is 12.1 Å². The van der Waals surface area contributed by atoms with E-state index in [1.54, 1.807) is 0 Å². The van der Waals surface area contributed by atoms with Gasteiger partial charge in [-0.05, 0) is 99.8 Å². The van der Waals surface area contributed by atoms with Gasteiger partial charge in [-0.3, -0.25) is 0 Å². The zero-order valence-electron chi connectivity index (χ0n) is 25.1. The van der Waals surface area contributed by atoms with Crippen molar-refractivity contribution in [1.82, 2.24) is 0 Å². The molecule has 0 spiro atoms. The topological polar surface area (TPSA) is 53.3 Å². The van der Waals surface area contributed by atoms with Crippen LogP contribution in [0, 0.1) is 6.92 Å². The van der Waals surface area contributed by atoms with Crippen molar-refractivity contribution in [2.45, 2.75) is 111 Å². The maximum Gasteiger partial charge on any atom is 0.0482 e. The van der Waals surface area contributed by atoms with Gasteiger partial charge in [-0.2, -0.15) is 0 Å². The molecular formula is C35H52N4. The van der Waals surface area contributed by atoms with Gasteiger partial charge in [-0.15, -0.1) is 0 Å². The summed E-state index contributed by atoms with van der Waals surface area (Å²) in [4.78, 5) is 2.28. The molecule has 0 saturated heterocycles. The van der Waals surface area contributed by atoms with Crippen molar-refractivity contribution in [3.8, 4) is 0 Å². The lowest BCUT2D eigenvalue weighted by atomic mass is 10.1. The molecule has 39 heavy (non-hydrogen) atoms. The predicted molar refractivity (Wildman–Crippen MR) is 174 cm³/mol. The van der Waals surface area contributed by atoms with Crippen LogP contribution in [0.15, 0.2) is 66.7 Å². The Morgan fingerprint density at radius 3 is 1.46 bits per heavy atom. The molecule has 3 aromatic carbocycles. The number of nitrogens with one attached hydrogen (secondary N) is 2. The monoisotopic (exact) mass is 528 g/mol. The summed E-state index contributed by atoms with van der Waals surface area (Å²) in [5, 5.41) is 7.36. The number of anilines is 6. The molecule has 0 heterocycles. The van der Waals surface area contributed by atoms with E-state index in [1.807, 2.05) is 0 Å². The maximum atomic E-state index is 6.34. The summed E-state index contributed by atoms with van der Waals surface area (Å²) in [6.07, 6.45) is 12.8. The van der Waals surface area contributed by atoms with Crippen LogP contribution in [-0.4, -0.2) is 12.1 Å². The Labute approximate surface area is 238 Å². The van der Waals surface area contributed by atoms with Gasteiger partial charge < -0.3 is 21.3 Å². The SMILES string of the molecule is CCCCCCC(C)Nc1ccc(N(c2ccc(NC(C)CCCCCC)cc2)c2ccc(C)c(N)c2)cc1. The van der Waals surface area contributed by atoms with E-state index < -0.39 is 0 Å². The Hall–Kier alpha value is -3.14. The van der Waals surface area contributed by atoms with Gasteiger partial charge in [-0.1, -0.05) is 71.3 Å². The predicted octanol–water partition coefficient (Wildman–Crippen LogP) is 10.6. The number of nitrogens with zero attached hydrogens (tertiary/aromatic N) is 1. The molecule has 4 heteroatoms. The second-order valence-electron chi connectivity index (χ2n) is 11.3. The third-order valence-corrected chi connectivity index (χ3v) is 7.58. The van der Waals surface area contributed by atoms with Gasteiger partial charge in [0.2, 0.25) is 0 Å². The van der Waals surface area contributed by atoms with Gasteiger partial charge in [0.25, 0.3) is 0 Å². The number of hydrogen-bond donors (Lipinski definition) is 3. The number of nitrogen functional groups attached to an aromatic ring is 1. The smallest absolute Gasteiger partial charge is 0.0482 e. The molecule has 0 aliphatic rings. The first-order valence-electron chi connectivity index (χ1n) is 15.3. The molecule has 0 amide bonds. The highest BCUT2D eigenvalue weighted by atomic mass is 15.1. The molecular weight excluding hydrogens is 476 g/mol. The summed E-state index contributed by atoms with van der Waals surface area (Å²) in [7, 11) is 0. The van der Waals surface area contributed by atoms with Crippen LogP contribution in [0.2, 0.25) is 0 Å². The lowest BCUT2D eigenvalue weighted by Crippen LogP contribution is -2.16. The van der Waals surface area contributed by atoms with Crippen molar-refractivity contribution in [3.05, 3.63) is 72.3 Å². The highest BCUT2D eigenvalue weighted by Crippen LogP contribution is 2.37. The molecule has 3 aromatic rings. The molecule has 0 aromatic heterocycles. The van der Waals surface area contributed by atoms with Crippen LogP contribution in [0.1, 0.15) is 97.5 Å². The van der Waals surface area contributed by atoms with Crippen molar-refractivity contribution in [3.63, 3.8) is 0 Å². The highest BCUT2D eigenvalue weighted by molar-refractivity contribution is 5.80. The molecule has 0 radical (unpaired) electrons. The number of benzene rings is 3. The minimum Gasteiger partial charge on any atom is -0.398 e. The van der Waals surface area contributed by atoms with Gasteiger partial charge >= 0.3 is 0 Å². The molecule has 2 atom stereocenters. The van der Waals surface area contributed by atoms with Crippen LogP contribution in [0.4, 0.5) is 34.1 Å². The molecule has 0 saturated carbocycles. The zero-order valence-corrected chi connectivity index (χ0v) is 25.1. The van der Waals surface area contributed by atoms with Crippen LogP contribution in [0.5, 0.6) is 0 Å². The molecule has 0 aliphatic heterocycles. The van der Waals surface area contributed by atoms with Crippen LogP contribution in [0.3, 0.4) is 0 Å². The fourth-order valence-corrected chi connectivity index (χ4v) is 5.10. The fraction of sp³-hybridized carbons (Fsp3) is 0.486. The average Bonchev–Trinajstić information content (AvgIpc) is 2.93. The third-order valence-electron chi connectivity index (χ3n) is 7.58. The second-order valence-corrected chi connectivity index (χ2v) is 11.3. The molecule has 0 aliphatic carbocycles. The van der Waals surface area contributed by atoms with Gasteiger partial charge in [-0.25, -0.2) is 0 Å². The lowest BCUT2D eigenvalue weighted by Gasteiger charge is -2.27. The molecule has 4 nitrogen and oxygen atoms in total. The molecule has 212 valence electrons. The van der Waals surface area contributed by atoms with Crippen molar-refractivity contribution in [2.24, 2.45) is 0 Å². The Bertz CT molecular complexity index is 1030. The van der Waals surface area contributed by atoms with Crippen molar-refractivity contribution >= 4 is 34.1 Å². The minimum absolute atomic E-state index is 0.467. The molecule has 4 N–H and O–H groups in total. The van der Waals surface area contributed by atoms with Gasteiger partial charge in [0.15, 0.2) is 0 Å². The number of unbranched alkanes of at least 4 members (excludes halogenated alkanes) is 6. The molecule has 0 bridgehead atoms. The van der Waals surface area contributed by atoms with Gasteiger partial charge in [0.1, 0.15) is 0 Å². The van der Waals surface area contributed by atoms with E-state index >= 15 is 0 Å². The van der Waals surface area contributed by atoms with E-state index in [1.165, 1.54) is 64.2 Å². The molecule has 2 unspecified atom stereocenters. The van der Waals surface area contributed by atoms with Crippen molar-refractivity contribution in [2.75, 3.05) is 21.3 Å². The van der Waals surface area contributed by atoms with E-state index in [9.17, 15) is 0 Å². The summed E-state index contributed by atoms with van der Waals surface area (Å²) in [5.74, 6) is 0. The maximum absolute atomic E-state index is 6.34. The van der Waals surface area contributed by atoms with E-state index in [0.717, 1.165) is 39.7 Å². The largest absolute Gasteiger partial charge is 0.398 e. The first-order chi connectivity index (χ1) is 18.9. The Balaban J connectivity index is 1.75. The van der Waals surface area contributed by atoms with Crippen LogP contribution >= 0.6 is 0 Å². The second kappa shape index (κ2) is 16.1.